The molecule has 130 valence electrons. The van der Waals surface area contributed by atoms with Gasteiger partial charge in [0.25, 0.3) is 11.8 Å². The highest BCUT2D eigenvalue weighted by Crippen LogP contribution is 2.51. The molecule has 3 aliphatic rings. The van der Waals surface area contributed by atoms with Crippen LogP contribution in [0.3, 0.4) is 0 Å². The third kappa shape index (κ3) is 2.53. The van der Waals surface area contributed by atoms with Crippen molar-refractivity contribution in [3.63, 3.8) is 0 Å². The first-order valence-corrected chi connectivity index (χ1v) is 9.28. The highest BCUT2D eigenvalue weighted by molar-refractivity contribution is 7.12. The van der Waals surface area contributed by atoms with E-state index in [1.165, 1.54) is 16.2 Å². The van der Waals surface area contributed by atoms with Gasteiger partial charge in [0.2, 0.25) is 5.91 Å². The van der Waals surface area contributed by atoms with E-state index in [0.29, 0.717) is 13.1 Å². The fourth-order valence-electron chi connectivity index (χ4n) is 4.53. The molecular formula is C17H20F2N2O2S. The highest BCUT2D eigenvalue weighted by Gasteiger charge is 2.55. The number of carbonyl (C=O) groups excluding carboxylic acids is 2. The van der Waals surface area contributed by atoms with E-state index in [2.05, 4.69) is 0 Å². The summed E-state index contributed by atoms with van der Waals surface area (Å²) >= 11 is 1.42. The lowest BCUT2D eigenvalue weighted by molar-refractivity contribution is -0.172. The summed E-state index contributed by atoms with van der Waals surface area (Å²) < 4.78 is 26.2. The summed E-state index contributed by atoms with van der Waals surface area (Å²) in [7, 11) is 0. The van der Waals surface area contributed by atoms with Gasteiger partial charge < -0.3 is 9.80 Å². The largest absolute Gasteiger partial charge is 0.337 e. The lowest BCUT2D eigenvalue weighted by Crippen LogP contribution is -2.60. The molecule has 0 bridgehead atoms. The summed E-state index contributed by atoms with van der Waals surface area (Å²) in [5, 5.41) is 1.88. The van der Waals surface area contributed by atoms with Crippen molar-refractivity contribution < 1.29 is 18.4 Å². The average molecular weight is 354 g/mol. The van der Waals surface area contributed by atoms with Gasteiger partial charge in [-0.1, -0.05) is 12.5 Å². The molecule has 1 spiro atoms. The molecule has 4 rings (SSSR count). The first kappa shape index (κ1) is 16.0. The number of alkyl halides is 2. The summed E-state index contributed by atoms with van der Waals surface area (Å²) in [5.74, 6) is -3.05. The van der Waals surface area contributed by atoms with Crippen LogP contribution in [0.25, 0.3) is 0 Å². The number of thiophene rings is 1. The number of hydrogen-bond donors (Lipinski definition) is 0. The van der Waals surface area contributed by atoms with Gasteiger partial charge in [0.1, 0.15) is 0 Å². The summed E-state index contributed by atoms with van der Waals surface area (Å²) in [6.07, 6.45) is 3.39. The minimum Gasteiger partial charge on any atom is -0.337 e. The zero-order valence-electron chi connectivity index (χ0n) is 13.3. The van der Waals surface area contributed by atoms with Gasteiger partial charge in [-0.2, -0.15) is 0 Å². The number of hydrogen-bond acceptors (Lipinski definition) is 3. The number of rotatable bonds is 2. The molecular weight excluding hydrogens is 334 g/mol. The Kier molecular flexibility index (Phi) is 3.67. The van der Waals surface area contributed by atoms with Crippen LogP contribution in [-0.2, 0) is 4.79 Å². The van der Waals surface area contributed by atoms with E-state index in [0.717, 1.165) is 30.6 Å². The van der Waals surface area contributed by atoms with Crippen LogP contribution in [0.2, 0.25) is 0 Å². The molecule has 2 atom stereocenters. The molecule has 4 nitrogen and oxygen atoms in total. The predicted molar refractivity (Wildman–Crippen MR) is 86.1 cm³/mol. The molecule has 1 aromatic rings. The second-order valence-electron chi connectivity index (χ2n) is 7.31. The van der Waals surface area contributed by atoms with E-state index in [1.54, 1.807) is 0 Å². The maximum Gasteiger partial charge on any atom is 0.282 e. The number of likely N-dealkylation sites (tertiary alicyclic amines) is 2. The van der Waals surface area contributed by atoms with Crippen LogP contribution < -0.4 is 0 Å². The molecule has 0 N–H and O–H groups in total. The minimum atomic E-state index is -2.72. The fourth-order valence-corrected chi connectivity index (χ4v) is 5.22. The van der Waals surface area contributed by atoms with Gasteiger partial charge in [-0.05, 0) is 30.7 Å². The van der Waals surface area contributed by atoms with Crippen molar-refractivity contribution in [2.75, 3.05) is 26.2 Å². The first-order valence-electron chi connectivity index (χ1n) is 8.40. The topological polar surface area (TPSA) is 40.6 Å². The van der Waals surface area contributed by atoms with Crippen LogP contribution in [0.4, 0.5) is 8.78 Å². The number of halogens is 2. The van der Waals surface area contributed by atoms with E-state index >= 15 is 0 Å². The van der Waals surface area contributed by atoms with Gasteiger partial charge in [-0.15, -0.1) is 11.3 Å². The van der Waals surface area contributed by atoms with Crippen molar-refractivity contribution >= 4 is 23.2 Å². The Balaban J connectivity index is 1.47. The molecule has 3 heterocycles. The Bertz CT molecular complexity index is 656. The van der Waals surface area contributed by atoms with Crippen LogP contribution in [0, 0.1) is 11.3 Å². The first-order chi connectivity index (χ1) is 11.4. The molecule has 3 fully saturated rings. The molecule has 24 heavy (non-hydrogen) atoms. The van der Waals surface area contributed by atoms with Crippen LogP contribution >= 0.6 is 11.3 Å². The minimum absolute atomic E-state index is 0.0236. The van der Waals surface area contributed by atoms with Crippen LogP contribution in [0.5, 0.6) is 0 Å². The Morgan fingerprint density at radius 2 is 1.96 bits per heavy atom. The number of amides is 2. The Hall–Kier alpha value is -1.50. The molecule has 7 heteroatoms. The quantitative estimate of drug-likeness (QED) is 0.819. The second-order valence-corrected chi connectivity index (χ2v) is 8.26. The third-order valence-corrected chi connectivity index (χ3v) is 6.62. The van der Waals surface area contributed by atoms with E-state index < -0.39 is 19.0 Å². The zero-order valence-corrected chi connectivity index (χ0v) is 14.2. The SMILES string of the molecule is O=C(c1cccs1)N1CCC2(CCCC2C(=O)N2CC(F)(F)C2)C1. The smallest absolute Gasteiger partial charge is 0.282 e. The molecule has 2 amide bonds. The van der Waals surface area contributed by atoms with Gasteiger partial charge >= 0.3 is 0 Å². The lowest BCUT2D eigenvalue weighted by atomic mass is 9.76. The highest BCUT2D eigenvalue weighted by atomic mass is 32.1. The summed E-state index contributed by atoms with van der Waals surface area (Å²) in [6.45, 7) is 0.327. The van der Waals surface area contributed by atoms with Crippen molar-refractivity contribution in [3.05, 3.63) is 22.4 Å². The summed E-state index contributed by atoms with van der Waals surface area (Å²) in [5.41, 5.74) is -0.213. The molecule has 2 aliphatic heterocycles. The summed E-state index contributed by atoms with van der Waals surface area (Å²) in [6, 6.07) is 3.67. The maximum absolute atomic E-state index is 13.1. The molecule has 0 radical (unpaired) electrons. The maximum atomic E-state index is 13.1. The second kappa shape index (κ2) is 5.51. The lowest BCUT2D eigenvalue weighted by Gasteiger charge is -2.42. The van der Waals surface area contributed by atoms with Gasteiger partial charge in [0.05, 0.1) is 18.0 Å². The van der Waals surface area contributed by atoms with Gasteiger partial charge in [-0.3, -0.25) is 9.59 Å². The van der Waals surface area contributed by atoms with Gasteiger partial charge in [-0.25, -0.2) is 8.78 Å². The van der Waals surface area contributed by atoms with Crippen LogP contribution in [-0.4, -0.2) is 53.7 Å². The van der Waals surface area contributed by atoms with Crippen LogP contribution in [0.1, 0.15) is 35.4 Å². The van der Waals surface area contributed by atoms with Gasteiger partial charge in [0.15, 0.2) is 0 Å². The normalized spacial score (nSPS) is 31.5. The monoisotopic (exact) mass is 354 g/mol. The van der Waals surface area contributed by atoms with E-state index in [-0.39, 0.29) is 23.1 Å². The predicted octanol–water partition coefficient (Wildman–Crippen LogP) is 2.86. The zero-order chi connectivity index (χ0) is 16.9. The molecule has 0 aromatic carbocycles. The standard InChI is InChI=1S/C17H20F2N2O2S/c18-17(19)10-21(11-17)14(22)12-3-1-5-16(12)6-7-20(9-16)15(23)13-4-2-8-24-13/h2,4,8,12H,1,3,5-7,9-11H2. The van der Waals surface area contributed by atoms with Gasteiger partial charge in [0, 0.05) is 24.4 Å². The van der Waals surface area contributed by atoms with Crippen molar-refractivity contribution in [2.24, 2.45) is 11.3 Å². The summed E-state index contributed by atoms with van der Waals surface area (Å²) in [4.78, 5) is 29.1. The van der Waals surface area contributed by atoms with Crippen LogP contribution in [0.15, 0.2) is 17.5 Å². The van der Waals surface area contributed by atoms with Crippen molar-refractivity contribution in [1.82, 2.24) is 9.80 Å². The van der Waals surface area contributed by atoms with Crippen molar-refractivity contribution in [1.29, 1.82) is 0 Å². The van der Waals surface area contributed by atoms with E-state index in [1.807, 2.05) is 22.4 Å². The van der Waals surface area contributed by atoms with Crippen molar-refractivity contribution in [3.8, 4) is 0 Å². The Morgan fingerprint density at radius 3 is 2.62 bits per heavy atom. The third-order valence-electron chi connectivity index (χ3n) is 5.77. The Labute approximate surface area is 143 Å². The average Bonchev–Trinajstić information content (AvgIpc) is 3.25. The molecule has 2 unspecified atom stereocenters. The Morgan fingerprint density at radius 1 is 1.17 bits per heavy atom. The molecule has 1 aromatic heterocycles. The number of carbonyl (C=O) groups is 2. The molecule has 1 aliphatic carbocycles. The molecule has 2 saturated heterocycles. The van der Waals surface area contributed by atoms with Crippen molar-refractivity contribution in [2.45, 2.75) is 31.6 Å². The van der Waals surface area contributed by atoms with E-state index in [9.17, 15) is 18.4 Å². The fraction of sp³-hybridized carbons (Fsp3) is 0.647. The molecule has 1 saturated carbocycles. The van der Waals surface area contributed by atoms with E-state index in [4.69, 9.17) is 0 Å². The number of nitrogens with zero attached hydrogens (tertiary/aromatic N) is 2.